The van der Waals surface area contributed by atoms with E-state index in [1.54, 1.807) is 18.2 Å². The lowest BCUT2D eigenvalue weighted by Crippen LogP contribution is -2.24. The molecule has 0 saturated heterocycles. The molecule has 1 aliphatic heterocycles. The van der Waals surface area contributed by atoms with Crippen LogP contribution in [0.3, 0.4) is 0 Å². The van der Waals surface area contributed by atoms with Crippen LogP contribution in [0.1, 0.15) is 22.6 Å². The summed E-state index contributed by atoms with van der Waals surface area (Å²) in [6, 6.07) is 24.4. The fourth-order valence-electron chi connectivity index (χ4n) is 3.91. The Morgan fingerprint density at radius 1 is 0.893 bits per heavy atom. The summed E-state index contributed by atoms with van der Waals surface area (Å²) < 4.78 is 14.3. The molecule has 136 valence electrons. The maximum atomic E-state index is 14.3. The van der Waals surface area contributed by atoms with Crippen molar-refractivity contribution in [2.75, 3.05) is 5.01 Å². The van der Waals surface area contributed by atoms with Gasteiger partial charge in [0.25, 0.3) is 5.91 Å². The Labute approximate surface area is 162 Å². The number of allylic oxidation sites excluding steroid dienone is 1. The highest BCUT2D eigenvalue weighted by Crippen LogP contribution is 2.37. The van der Waals surface area contributed by atoms with Crippen molar-refractivity contribution in [3.05, 3.63) is 113 Å². The summed E-state index contributed by atoms with van der Waals surface area (Å²) in [5, 5.41) is 5.68. The predicted octanol–water partition coefficient (Wildman–Crippen LogP) is 4.84. The number of nitrogens with zero attached hydrogens (tertiary/aromatic N) is 2. The first-order valence-corrected chi connectivity index (χ1v) is 9.25. The van der Waals surface area contributed by atoms with E-state index in [2.05, 4.69) is 23.3 Å². The molecule has 28 heavy (non-hydrogen) atoms. The molecule has 1 amide bonds. The first kappa shape index (κ1) is 16.6. The molecule has 0 radical (unpaired) electrons. The molecule has 4 heteroatoms. The lowest BCUT2D eigenvalue weighted by atomic mass is 9.80. The maximum absolute atomic E-state index is 14.3. The predicted molar refractivity (Wildman–Crippen MR) is 108 cm³/mol. The van der Waals surface area contributed by atoms with Gasteiger partial charge in [0, 0.05) is 11.5 Å². The summed E-state index contributed by atoms with van der Waals surface area (Å²) in [4.78, 5) is 13.1. The number of hydrogen-bond acceptors (Lipinski definition) is 2. The molecular formula is C24H17FN2O. The molecule has 1 heterocycles. The van der Waals surface area contributed by atoms with Crippen molar-refractivity contribution in [2.24, 2.45) is 5.10 Å². The molecule has 0 saturated carbocycles. The minimum atomic E-state index is -0.464. The number of hydrogen-bond donors (Lipinski definition) is 0. The molecular weight excluding hydrogens is 351 g/mol. The number of anilines is 1. The van der Waals surface area contributed by atoms with Gasteiger partial charge < -0.3 is 0 Å². The van der Waals surface area contributed by atoms with Crippen LogP contribution in [-0.4, -0.2) is 11.6 Å². The van der Waals surface area contributed by atoms with E-state index in [0.29, 0.717) is 11.3 Å². The molecule has 0 N–H and O–H groups in total. The van der Waals surface area contributed by atoms with Crippen LogP contribution < -0.4 is 5.01 Å². The average molecular weight is 368 g/mol. The molecule has 1 atom stereocenters. The van der Waals surface area contributed by atoms with Crippen molar-refractivity contribution < 1.29 is 9.18 Å². The molecule has 2 aliphatic rings. The van der Waals surface area contributed by atoms with E-state index >= 15 is 0 Å². The van der Waals surface area contributed by atoms with Gasteiger partial charge in [-0.15, -0.1) is 0 Å². The van der Waals surface area contributed by atoms with Crippen LogP contribution in [-0.2, 0) is 11.2 Å². The van der Waals surface area contributed by atoms with Crippen LogP contribution >= 0.6 is 0 Å². The summed E-state index contributed by atoms with van der Waals surface area (Å²) >= 11 is 0. The van der Waals surface area contributed by atoms with Gasteiger partial charge in [-0.3, -0.25) is 4.79 Å². The minimum absolute atomic E-state index is 0.0667. The topological polar surface area (TPSA) is 32.7 Å². The summed E-state index contributed by atoms with van der Waals surface area (Å²) in [7, 11) is 0. The zero-order valence-electron chi connectivity index (χ0n) is 15.0. The summed E-state index contributed by atoms with van der Waals surface area (Å²) in [6.45, 7) is 0. The van der Waals surface area contributed by atoms with Crippen molar-refractivity contribution in [3.63, 3.8) is 0 Å². The number of fused-ring (bicyclic) bond motifs is 3. The Hall–Kier alpha value is -3.53. The number of amides is 1. The fraction of sp³-hybridized carbons (Fsp3) is 0.0833. The zero-order chi connectivity index (χ0) is 19.1. The number of hydrazone groups is 1. The van der Waals surface area contributed by atoms with Gasteiger partial charge in [-0.2, -0.15) is 10.1 Å². The Balaban J connectivity index is 1.60. The van der Waals surface area contributed by atoms with E-state index in [-0.39, 0.29) is 17.5 Å². The van der Waals surface area contributed by atoms with Gasteiger partial charge in [0.1, 0.15) is 17.2 Å². The highest BCUT2D eigenvalue weighted by atomic mass is 19.1. The molecule has 0 fully saturated rings. The van der Waals surface area contributed by atoms with E-state index in [1.165, 1.54) is 16.6 Å². The Morgan fingerprint density at radius 2 is 1.61 bits per heavy atom. The molecule has 5 rings (SSSR count). The molecule has 3 aromatic carbocycles. The Kier molecular flexibility index (Phi) is 3.90. The molecule has 1 aliphatic carbocycles. The monoisotopic (exact) mass is 368 g/mol. The van der Waals surface area contributed by atoms with E-state index in [0.717, 1.165) is 17.5 Å². The van der Waals surface area contributed by atoms with Crippen LogP contribution in [0.4, 0.5) is 10.1 Å². The summed E-state index contributed by atoms with van der Waals surface area (Å²) in [5.74, 6) is -0.682. The SMILES string of the molecule is O=C1C2=CC(Cc3ccccc3)c3ccccc3C2=NN1c1ccccc1F. The zero-order valence-corrected chi connectivity index (χ0v) is 15.0. The van der Waals surface area contributed by atoms with Gasteiger partial charge in [0.15, 0.2) is 0 Å². The largest absolute Gasteiger partial charge is 0.280 e. The average Bonchev–Trinajstić information content (AvgIpc) is 3.06. The second kappa shape index (κ2) is 6.57. The van der Waals surface area contributed by atoms with Gasteiger partial charge in [-0.1, -0.05) is 72.8 Å². The Morgan fingerprint density at radius 3 is 2.43 bits per heavy atom. The molecule has 0 spiro atoms. The first-order valence-electron chi connectivity index (χ1n) is 9.25. The van der Waals surface area contributed by atoms with Crippen molar-refractivity contribution in [2.45, 2.75) is 12.3 Å². The van der Waals surface area contributed by atoms with Crippen LogP contribution in [0.15, 0.2) is 95.6 Å². The molecule has 1 unspecified atom stereocenters. The van der Waals surface area contributed by atoms with E-state index in [4.69, 9.17) is 0 Å². The number of benzene rings is 3. The van der Waals surface area contributed by atoms with Crippen molar-refractivity contribution in [3.8, 4) is 0 Å². The second-order valence-corrected chi connectivity index (χ2v) is 6.98. The number of carbonyl (C=O) groups is 1. The number of halogens is 1. The number of carbonyl (C=O) groups excluding carboxylic acids is 1. The van der Waals surface area contributed by atoms with Gasteiger partial charge in [0.05, 0.1) is 5.57 Å². The lowest BCUT2D eigenvalue weighted by molar-refractivity contribution is -0.114. The highest BCUT2D eigenvalue weighted by molar-refractivity contribution is 6.36. The highest BCUT2D eigenvalue weighted by Gasteiger charge is 2.38. The second-order valence-electron chi connectivity index (χ2n) is 6.98. The molecule has 0 aromatic heterocycles. The molecule has 3 aromatic rings. The number of para-hydroxylation sites is 1. The van der Waals surface area contributed by atoms with Gasteiger partial charge >= 0.3 is 0 Å². The first-order chi connectivity index (χ1) is 13.7. The third-order valence-electron chi connectivity index (χ3n) is 5.24. The van der Waals surface area contributed by atoms with E-state index < -0.39 is 5.82 Å². The normalized spacial score (nSPS) is 17.7. The summed E-state index contributed by atoms with van der Waals surface area (Å²) in [5.41, 5.74) is 4.62. The van der Waals surface area contributed by atoms with E-state index in [9.17, 15) is 9.18 Å². The molecule has 0 bridgehead atoms. The summed E-state index contributed by atoms with van der Waals surface area (Å²) in [6.07, 6.45) is 2.78. The standard InChI is InChI=1S/C24H17FN2O/c25-21-12-6-7-13-22(21)27-24(28)20-15-17(14-16-8-2-1-3-9-16)18-10-4-5-11-19(18)23(20)26-27/h1-13,15,17H,14H2. The van der Waals surface area contributed by atoms with Crippen molar-refractivity contribution in [1.29, 1.82) is 0 Å². The third kappa shape index (κ3) is 2.65. The van der Waals surface area contributed by atoms with Gasteiger partial charge in [-0.25, -0.2) is 4.39 Å². The van der Waals surface area contributed by atoms with Gasteiger partial charge in [0.2, 0.25) is 0 Å². The number of rotatable bonds is 3. The van der Waals surface area contributed by atoms with Crippen LogP contribution in [0.25, 0.3) is 0 Å². The van der Waals surface area contributed by atoms with Crippen LogP contribution in [0.5, 0.6) is 0 Å². The van der Waals surface area contributed by atoms with Gasteiger partial charge in [-0.05, 0) is 29.7 Å². The smallest absolute Gasteiger partial charge is 0.267 e. The van der Waals surface area contributed by atoms with Crippen molar-refractivity contribution in [1.82, 2.24) is 0 Å². The fourth-order valence-corrected chi connectivity index (χ4v) is 3.91. The molecule has 3 nitrogen and oxygen atoms in total. The maximum Gasteiger partial charge on any atom is 0.280 e. The lowest BCUT2D eigenvalue weighted by Gasteiger charge is -2.22. The van der Waals surface area contributed by atoms with Crippen molar-refractivity contribution >= 4 is 17.3 Å². The third-order valence-corrected chi connectivity index (χ3v) is 5.24. The van der Waals surface area contributed by atoms with Crippen LogP contribution in [0.2, 0.25) is 0 Å². The Bertz CT molecular complexity index is 1130. The minimum Gasteiger partial charge on any atom is -0.267 e. The quantitative estimate of drug-likeness (QED) is 0.651. The van der Waals surface area contributed by atoms with Crippen LogP contribution in [0, 0.1) is 5.82 Å². The van der Waals surface area contributed by atoms with E-state index in [1.807, 2.05) is 42.5 Å².